The lowest BCUT2D eigenvalue weighted by Gasteiger charge is -2.19. The monoisotopic (exact) mass is 814 g/mol. The summed E-state index contributed by atoms with van der Waals surface area (Å²) in [6.07, 6.45) is 1.09. The minimum Gasteiger partial charge on any atom is -0.491 e. The zero-order chi connectivity index (χ0) is 41.2. The molecule has 0 saturated heterocycles. The van der Waals surface area contributed by atoms with Gasteiger partial charge in [0.25, 0.3) is 5.91 Å². The van der Waals surface area contributed by atoms with Gasteiger partial charge in [0.1, 0.15) is 24.0 Å². The number of nitrogens with one attached hydrogen (secondary N) is 1. The van der Waals surface area contributed by atoms with Gasteiger partial charge >= 0.3 is 0 Å². The molecule has 0 spiro atoms. The number of ether oxygens (including phenoxy) is 6. The van der Waals surface area contributed by atoms with Crippen molar-refractivity contribution in [3.05, 3.63) is 111 Å². The van der Waals surface area contributed by atoms with Gasteiger partial charge < -0.3 is 49.8 Å². The number of carbonyl (C=O) groups is 3. The summed E-state index contributed by atoms with van der Waals surface area (Å²) in [4.78, 5) is 40.1. The molecule has 0 fully saturated rings. The molecule has 5 N–H and O–H groups in total. The summed E-state index contributed by atoms with van der Waals surface area (Å²) in [7, 11) is 1.52. The van der Waals surface area contributed by atoms with E-state index in [-0.39, 0.29) is 46.5 Å². The van der Waals surface area contributed by atoms with Crippen molar-refractivity contribution in [1.82, 2.24) is 9.88 Å². The van der Waals surface area contributed by atoms with Crippen molar-refractivity contribution in [2.45, 2.75) is 19.4 Å². The predicted molar refractivity (Wildman–Crippen MR) is 209 cm³/mol. The number of halogens is 3. The number of hydrogen-bond acceptors (Lipinski definition) is 10. The van der Waals surface area contributed by atoms with Crippen LogP contribution in [0, 0.1) is 18.6 Å². The van der Waals surface area contributed by atoms with Crippen LogP contribution in [0.3, 0.4) is 0 Å². The van der Waals surface area contributed by atoms with E-state index in [9.17, 15) is 18.8 Å². The van der Waals surface area contributed by atoms with Crippen LogP contribution in [0.15, 0.2) is 66.9 Å². The van der Waals surface area contributed by atoms with Crippen molar-refractivity contribution in [2.75, 3.05) is 79.2 Å². The molecule has 0 radical (unpaired) electrons. The van der Waals surface area contributed by atoms with Crippen molar-refractivity contribution < 1.29 is 51.6 Å². The van der Waals surface area contributed by atoms with Crippen LogP contribution in [0.4, 0.5) is 8.78 Å². The van der Waals surface area contributed by atoms with Gasteiger partial charge in [-0.25, -0.2) is 8.78 Å². The molecule has 1 atom stereocenters. The first-order valence-electron chi connectivity index (χ1n) is 18.4. The molecule has 16 heteroatoms. The van der Waals surface area contributed by atoms with E-state index < -0.39 is 35.3 Å². The number of carbonyl (C=O) groups excluding carboxylic acids is 3. The van der Waals surface area contributed by atoms with Crippen LogP contribution in [-0.4, -0.2) is 101 Å². The molecule has 4 rings (SSSR count). The second kappa shape index (κ2) is 23.5. The Morgan fingerprint density at radius 3 is 1.89 bits per heavy atom. The highest BCUT2D eigenvalue weighted by Gasteiger charge is 2.31. The minimum atomic E-state index is -0.911. The molecule has 0 aliphatic rings. The minimum absolute atomic E-state index is 0.0629. The molecule has 3 aromatic carbocycles. The first kappa shape index (κ1) is 45.0. The van der Waals surface area contributed by atoms with E-state index in [1.165, 1.54) is 36.9 Å². The second-order valence-corrected chi connectivity index (χ2v) is 13.1. The maximum Gasteiger partial charge on any atom is 0.253 e. The highest BCUT2D eigenvalue weighted by Crippen LogP contribution is 2.37. The van der Waals surface area contributed by atoms with Crippen molar-refractivity contribution in [3.8, 4) is 16.9 Å². The van der Waals surface area contributed by atoms with Crippen LogP contribution in [-0.2, 0) is 35.5 Å². The Kier molecular flexibility index (Phi) is 18.5. The number of rotatable bonds is 26. The second-order valence-electron chi connectivity index (χ2n) is 12.7. The van der Waals surface area contributed by atoms with Gasteiger partial charge in [0, 0.05) is 41.5 Å². The van der Waals surface area contributed by atoms with E-state index >= 15 is 4.39 Å². The van der Waals surface area contributed by atoms with Crippen molar-refractivity contribution in [3.63, 3.8) is 0 Å². The maximum absolute atomic E-state index is 15.6. The average Bonchev–Trinajstić information content (AvgIpc) is 3.53. The van der Waals surface area contributed by atoms with Crippen molar-refractivity contribution in [2.24, 2.45) is 18.5 Å². The van der Waals surface area contributed by atoms with Crippen LogP contribution in [0.5, 0.6) is 5.75 Å². The summed E-state index contributed by atoms with van der Waals surface area (Å²) in [6.45, 7) is 6.40. The van der Waals surface area contributed by atoms with Gasteiger partial charge in [-0.1, -0.05) is 23.7 Å². The van der Waals surface area contributed by atoms with E-state index in [0.717, 1.165) is 12.1 Å². The number of amides is 2. The molecule has 0 bridgehead atoms. The molecule has 1 heterocycles. The van der Waals surface area contributed by atoms with Crippen molar-refractivity contribution >= 4 is 29.2 Å². The summed E-state index contributed by atoms with van der Waals surface area (Å²) < 4.78 is 64.8. The quantitative estimate of drug-likeness (QED) is 0.0583. The van der Waals surface area contributed by atoms with E-state index in [1.54, 1.807) is 36.4 Å². The third-order valence-corrected chi connectivity index (χ3v) is 8.80. The fraction of sp³-hybridized carbons (Fsp3) is 0.390. The Labute approximate surface area is 335 Å². The number of hydrogen-bond donors (Lipinski definition) is 3. The normalized spacial score (nSPS) is 11.8. The van der Waals surface area contributed by atoms with Gasteiger partial charge in [-0.3, -0.25) is 14.4 Å². The van der Waals surface area contributed by atoms with Gasteiger partial charge in [0.15, 0.2) is 0 Å². The predicted octanol–water partition coefficient (Wildman–Crippen LogP) is 4.93. The first-order chi connectivity index (χ1) is 27.5. The SMILES string of the molecule is Cc1c(F)ccc(F)c1-c1c(C(=O)N[C@@H](CC(N)=O)c2cccc(Cl)c2)cn(C)c1C(=O)c1ccc(OCCOCCOCCOCCOCCOCCN)cc1. The number of benzene rings is 3. The van der Waals surface area contributed by atoms with Gasteiger partial charge in [-0.15, -0.1) is 0 Å². The summed E-state index contributed by atoms with van der Waals surface area (Å²) in [5, 5.41) is 3.13. The number of primary amides is 1. The van der Waals surface area contributed by atoms with Gasteiger partial charge in [0.2, 0.25) is 11.7 Å². The van der Waals surface area contributed by atoms with E-state index in [4.69, 9.17) is 51.5 Å². The number of aryl methyl sites for hydroxylation is 1. The Morgan fingerprint density at radius 1 is 0.772 bits per heavy atom. The standard InChI is InChI=1S/C41H49ClF2N4O9/c1-27-33(43)10-11-34(44)37(27)38-32(41(51)47-35(25-36(46)49)29-4-3-5-30(42)24-29)26-48(2)39(38)40(50)28-6-8-31(9-7-28)57-23-22-56-21-20-55-19-18-54-17-16-53-15-14-52-13-12-45/h3-11,24,26,35H,12-23,25,45H2,1-2H3,(H2,46,49)(H,47,51)/t35-/m0/s1. The van der Waals surface area contributed by atoms with E-state index in [0.29, 0.717) is 88.9 Å². The molecular weight excluding hydrogens is 766 g/mol. The topological polar surface area (TPSA) is 176 Å². The number of nitrogens with zero attached hydrogens (tertiary/aromatic N) is 1. The fourth-order valence-corrected chi connectivity index (χ4v) is 6.02. The summed E-state index contributed by atoms with van der Waals surface area (Å²) in [6, 6.07) is 13.8. The Balaban J connectivity index is 1.35. The molecule has 13 nitrogen and oxygen atoms in total. The largest absolute Gasteiger partial charge is 0.491 e. The lowest BCUT2D eigenvalue weighted by molar-refractivity contribution is -0.118. The van der Waals surface area contributed by atoms with Crippen LogP contribution in [0.1, 0.15) is 50.0 Å². The molecule has 0 saturated carbocycles. The molecule has 2 amide bonds. The third-order valence-electron chi connectivity index (χ3n) is 8.56. The Hall–Kier alpha value is -4.74. The molecule has 308 valence electrons. The van der Waals surface area contributed by atoms with Crippen LogP contribution in [0.25, 0.3) is 11.1 Å². The Bertz CT molecular complexity index is 1930. The molecule has 0 unspecified atom stereocenters. The number of ketones is 1. The van der Waals surface area contributed by atoms with Crippen LogP contribution < -0.4 is 21.5 Å². The molecule has 4 aromatic rings. The summed E-state index contributed by atoms with van der Waals surface area (Å²) in [5.41, 5.74) is 10.9. The maximum atomic E-state index is 15.6. The molecule has 0 aliphatic heterocycles. The molecule has 1 aromatic heterocycles. The lowest BCUT2D eigenvalue weighted by atomic mass is 9.92. The highest BCUT2D eigenvalue weighted by atomic mass is 35.5. The Morgan fingerprint density at radius 2 is 1.33 bits per heavy atom. The molecule has 57 heavy (non-hydrogen) atoms. The fourth-order valence-electron chi connectivity index (χ4n) is 5.82. The van der Waals surface area contributed by atoms with Gasteiger partial charge in [-0.2, -0.15) is 0 Å². The summed E-state index contributed by atoms with van der Waals surface area (Å²) >= 11 is 6.17. The van der Waals surface area contributed by atoms with Gasteiger partial charge in [0.05, 0.1) is 89.8 Å². The van der Waals surface area contributed by atoms with Crippen LogP contribution in [0.2, 0.25) is 5.02 Å². The van der Waals surface area contributed by atoms with Gasteiger partial charge in [-0.05, 0) is 66.6 Å². The van der Waals surface area contributed by atoms with E-state index in [2.05, 4.69) is 5.32 Å². The summed E-state index contributed by atoms with van der Waals surface area (Å²) in [5.74, 6) is -3.10. The third kappa shape index (κ3) is 13.7. The number of aromatic nitrogens is 1. The molecule has 0 aliphatic carbocycles. The lowest BCUT2D eigenvalue weighted by Crippen LogP contribution is -2.32. The zero-order valence-corrected chi connectivity index (χ0v) is 32.8. The smallest absolute Gasteiger partial charge is 0.253 e. The molecular formula is C41H49ClF2N4O9. The number of nitrogens with two attached hydrogens (primary N) is 2. The van der Waals surface area contributed by atoms with Crippen molar-refractivity contribution in [1.29, 1.82) is 0 Å². The average molecular weight is 815 g/mol. The van der Waals surface area contributed by atoms with E-state index in [1.807, 2.05) is 0 Å². The van der Waals surface area contributed by atoms with Crippen LogP contribution >= 0.6 is 11.6 Å². The highest BCUT2D eigenvalue weighted by molar-refractivity contribution is 6.30. The zero-order valence-electron chi connectivity index (χ0n) is 32.0. The first-order valence-corrected chi connectivity index (χ1v) is 18.7.